The summed E-state index contributed by atoms with van der Waals surface area (Å²) < 4.78 is 10.9. The number of aromatic nitrogens is 3. The standard InChI is InChI=1S/C21H16N4O3S/c1-11-9-29-21(23-11)18-17(14-6-7-15-16(8-14)28-10-27-15)24-20(25-18)13-4-2-12(3-5-13)19(22)26/h2-9H,10H2,1H3,(H2,22,26)(H,24,25). The van der Waals surface area contributed by atoms with Gasteiger partial charge in [-0.3, -0.25) is 4.79 Å². The third-order valence-electron chi connectivity index (χ3n) is 4.63. The molecule has 0 spiro atoms. The van der Waals surface area contributed by atoms with Crippen molar-refractivity contribution in [2.45, 2.75) is 6.92 Å². The number of nitrogens with zero attached hydrogens (tertiary/aromatic N) is 2. The fraction of sp³-hybridized carbons (Fsp3) is 0.0952. The fourth-order valence-electron chi connectivity index (χ4n) is 3.18. The van der Waals surface area contributed by atoms with E-state index >= 15 is 0 Å². The molecule has 4 aromatic rings. The Morgan fingerprint density at radius 2 is 1.83 bits per heavy atom. The highest BCUT2D eigenvalue weighted by molar-refractivity contribution is 7.13. The van der Waals surface area contributed by atoms with E-state index in [4.69, 9.17) is 20.2 Å². The second kappa shape index (κ2) is 6.75. The lowest BCUT2D eigenvalue weighted by Gasteiger charge is -2.02. The monoisotopic (exact) mass is 404 g/mol. The van der Waals surface area contributed by atoms with Crippen LogP contribution in [-0.2, 0) is 0 Å². The SMILES string of the molecule is Cc1csc(-c2[nH]c(-c3ccc(C(N)=O)cc3)nc2-c2ccc3c(c2)OCO3)n1. The molecule has 0 saturated heterocycles. The highest BCUT2D eigenvalue weighted by atomic mass is 32.1. The predicted molar refractivity (Wildman–Crippen MR) is 110 cm³/mol. The average Bonchev–Trinajstić information content (AvgIpc) is 3.46. The van der Waals surface area contributed by atoms with E-state index in [2.05, 4.69) is 9.97 Å². The van der Waals surface area contributed by atoms with Gasteiger partial charge >= 0.3 is 0 Å². The van der Waals surface area contributed by atoms with Gasteiger partial charge in [0.05, 0.1) is 5.69 Å². The van der Waals surface area contributed by atoms with Crippen molar-refractivity contribution in [3.05, 3.63) is 59.1 Å². The van der Waals surface area contributed by atoms with Crippen LogP contribution >= 0.6 is 11.3 Å². The Morgan fingerprint density at radius 1 is 1.07 bits per heavy atom. The van der Waals surface area contributed by atoms with Gasteiger partial charge in [0.2, 0.25) is 12.7 Å². The van der Waals surface area contributed by atoms with Gasteiger partial charge in [-0.1, -0.05) is 12.1 Å². The molecule has 0 atom stereocenters. The summed E-state index contributed by atoms with van der Waals surface area (Å²) >= 11 is 1.55. The van der Waals surface area contributed by atoms with Crippen LogP contribution in [0.3, 0.4) is 0 Å². The lowest BCUT2D eigenvalue weighted by Crippen LogP contribution is -2.10. The number of hydrogen-bond acceptors (Lipinski definition) is 6. The van der Waals surface area contributed by atoms with E-state index in [0.29, 0.717) is 17.1 Å². The van der Waals surface area contributed by atoms with Crippen molar-refractivity contribution in [3.63, 3.8) is 0 Å². The van der Waals surface area contributed by atoms with Crippen LogP contribution in [0, 0.1) is 6.92 Å². The molecule has 7 nitrogen and oxygen atoms in total. The van der Waals surface area contributed by atoms with Crippen molar-refractivity contribution in [2.24, 2.45) is 5.73 Å². The van der Waals surface area contributed by atoms with Crippen LogP contribution in [0.4, 0.5) is 0 Å². The minimum absolute atomic E-state index is 0.218. The van der Waals surface area contributed by atoms with Gasteiger partial charge in [0.25, 0.3) is 0 Å². The lowest BCUT2D eigenvalue weighted by atomic mass is 10.1. The number of nitrogens with one attached hydrogen (secondary N) is 1. The molecular weight excluding hydrogens is 388 g/mol. The van der Waals surface area contributed by atoms with E-state index < -0.39 is 5.91 Å². The lowest BCUT2D eigenvalue weighted by molar-refractivity contribution is 0.100. The Hall–Kier alpha value is -3.65. The zero-order chi connectivity index (χ0) is 20.0. The highest BCUT2D eigenvalue weighted by Gasteiger charge is 2.21. The number of rotatable bonds is 4. The second-order valence-corrected chi connectivity index (χ2v) is 7.47. The molecule has 2 aromatic carbocycles. The van der Waals surface area contributed by atoms with Crippen LogP contribution in [0.2, 0.25) is 0 Å². The number of thiazole rings is 1. The Morgan fingerprint density at radius 3 is 2.55 bits per heavy atom. The molecule has 3 N–H and O–H groups in total. The van der Waals surface area contributed by atoms with Gasteiger partial charge < -0.3 is 20.2 Å². The number of carbonyl (C=O) groups is 1. The zero-order valence-electron chi connectivity index (χ0n) is 15.4. The first-order valence-corrected chi connectivity index (χ1v) is 9.79. The molecule has 5 rings (SSSR count). The quantitative estimate of drug-likeness (QED) is 0.535. The van der Waals surface area contributed by atoms with Crippen molar-refractivity contribution in [3.8, 4) is 44.8 Å². The number of benzene rings is 2. The summed E-state index contributed by atoms with van der Waals surface area (Å²) in [4.78, 5) is 24.2. The van der Waals surface area contributed by atoms with Crippen LogP contribution in [0.1, 0.15) is 16.1 Å². The first-order chi connectivity index (χ1) is 14.1. The molecule has 1 aliphatic rings. The number of primary amides is 1. The smallest absolute Gasteiger partial charge is 0.248 e. The molecule has 1 amide bonds. The average molecular weight is 404 g/mol. The van der Waals surface area contributed by atoms with Gasteiger partial charge in [-0.25, -0.2) is 9.97 Å². The van der Waals surface area contributed by atoms with Gasteiger partial charge in [0.15, 0.2) is 11.5 Å². The summed E-state index contributed by atoms with van der Waals surface area (Å²) in [6.45, 7) is 2.18. The maximum Gasteiger partial charge on any atom is 0.248 e. The Kier molecular flexibility index (Phi) is 4.06. The molecule has 0 saturated carbocycles. The second-order valence-electron chi connectivity index (χ2n) is 6.61. The Bertz CT molecular complexity index is 1230. The summed E-state index contributed by atoms with van der Waals surface area (Å²) in [6.07, 6.45) is 0. The van der Waals surface area contributed by atoms with Crippen molar-refractivity contribution in [2.75, 3.05) is 6.79 Å². The molecule has 8 heteroatoms. The third kappa shape index (κ3) is 3.13. The molecule has 0 fully saturated rings. The minimum Gasteiger partial charge on any atom is -0.454 e. The van der Waals surface area contributed by atoms with E-state index in [1.165, 1.54) is 0 Å². The van der Waals surface area contributed by atoms with Gasteiger partial charge in [-0.2, -0.15) is 0 Å². The number of amides is 1. The van der Waals surface area contributed by atoms with E-state index in [1.807, 2.05) is 42.6 Å². The van der Waals surface area contributed by atoms with Crippen LogP contribution in [0.25, 0.3) is 33.3 Å². The normalized spacial score (nSPS) is 12.3. The minimum atomic E-state index is -0.462. The largest absolute Gasteiger partial charge is 0.454 e. The maximum atomic E-state index is 11.3. The maximum absolute atomic E-state index is 11.3. The van der Waals surface area contributed by atoms with Gasteiger partial charge in [0.1, 0.15) is 16.5 Å². The zero-order valence-corrected chi connectivity index (χ0v) is 16.2. The molecule has 0 bridgehead atoms. The number of nitrogens with two attached hydrogens (primary N) is 1. The van der Waals surface area contributed by atoms with Crippen molar-refractivity contribution >= 4 is 17.2 Å². The number of imidazole rings is 1. The van der Waals surface area contributed by atoms with Crippen molar-refractivity contribution < 1.29 is 14.3 Å². The fourth-order valence-corrected chi connectivity index (χ4v) is 3.98. The molecule has 1 aliphatic heterocycles. The topological polar surface area (TPSA) is 103 Å². The number of hydrogen-bond donors (Lipinski definition) is 2. The summed E-state index contributed by atoms with van der Waals surface area (Å²) in [5.74, 6) is 1.63. The van der Waals surface area contributed by atoms with E-state index in [9.17, 15) is 4.79 Å². The third-order valence-corrected chi connectivity index (χ3v) is 5.60. The van der Waals surface area contributed by atoms with Crippen LogP contribution in [0.5, 0.6) is 11.5 Å². The Balaban J connectivity index is 1.64. The van der Waals surface area contributed by atoms with Crippen molar-refractivity contribution in [1.29, 1.82) is 0 Å². The molecule has 0 radical (unpaired) electrons. The van der Waals surface area contributed by atoms with E-state index in [1.54, 1.807) is 23.5 Å². The van der Waals surface area contributed by atoms with E-state index in [-0.39, 0.29) is 6.79 Å². The summed E-state index contributed by atoms with van der Waals surface area (Å²) in [5.41, 5.74) is 10.1. The number of aryl methyl sites for hydroxylation is 1. The first-order valence-electron chi connectivity index (χ1n) is 8.91. The number of aromatic amines is 1. The van der Waals surface area contributed by atoms with Gasteiger partial charge in [-0.05, 0) is 37.3 Å². The molecule has 29 heavy (non-hydrogen) atoms. The summed E-state index contributed by atoms with van der Waals surface area (Å²) in [6, 6.07) is 12.8. The highest BCUT2D eigenvalue weighted by Crippen LogP contribution is 2.39. The number of H-pyrrole nitrogens is 1. The van der Waals surface area contributed by atoms with Crippen LogP contribution < -0.4 is 15.2 Å². The molecule has 0 unspecified atom stereocenters. The molecular formula is C21H16N4O3S. The molecule has 3 heterocycles. The van der Waals surface area contributed by atoms with E-state index in [0.717, 1.165) is 39.0 Å². The van der Waals surface area contributed by atoms with Crippen LogP contribution in [0.15, 0.2) is 47.8 Å². The number of ether oxygens (including phenoxy) is 2. The van der Waals surface area contributed by atoms with Gasteiger partial charge in [-0.15, -0.1) is 11.3 Å². The Labute approximate surface area is 170 Å². The summed E-state index contributed by atoms with van der Waals surface area (Å²) in [7, 11) is 0. The first kappa shape index (κ1) is 17.4. The molecule has 2 aromatic heterocycles. The molecule has 144 valence electrons. The van der Waals surface area contributed by atoms with Gasteiger partial charge in [0, 0.05) is 27.8 Å². The predicted octanol–water partition coefficient (Wildman–Crippen LogP) is 4.00. The van der Waals surface area contributed by atoms with Crippen molar-refractivity contribution in [1.82, 2.24) is 15.0 Å². The summed E-state index contributed by atoms with van der Waals surface area (Å²) in [5, 5.41) is 2.85. The molecule has 0 aliphatic carbocycles. The van der Waals surface area contributed by atoms with Crippen LogP contribution in [-0.4, -0.2) is 27.7 Å². The number of fused-ring (bicyclic) bond motifs is 1. The number of carbonyl (C=O) groups excluding carboxylic acids is 1.